The Labute approximate surface area is 114 Å². The molecule has 0 bridgehead atoms. The van der Waals surface area contributed by atoms with Crippen LogP contribution in [0.15, 0.2) is 22.7 Å². The highest BCUT2D eigenvalue weighted by Gasteiger charge is 2.33. The lowest BCUT2D eigenvalue weighted by molar-refractivity contribution is 0.785. The summed E-state index contributed by atoms with van der Waals surface area (Å²) in [7, 11) is 1.96. The first-order valence-corrected chi connectivity index (χ1v) is 7.55. The minimum Gasteiger partial charge on any atom is -0.304 e. The van der Waals surface area contributed by atoms with Crippen LogP contribution in [0, 0.1) is 17.2 Å². The molecule has 6 heteroatoms. The minimum absolute atomic E-state index is 0.0177. The zero-order chi connectivity index (χ0) is 12.5. The molecule has 2 aromatic heterocycles. The van der Waals surface area contributed by atoms with Crippen molar-refractivity contribution in [2.45, 2.75) is 23.2 Å². The highest BCUT2D eigenvalue weighted by Crippen LogP contribution is 2.41. The van der Waals surface area contributed by atoms with Crippen LogP contribution < -0.4 is 0 Å². The van der Waals surface area contributed by atoms with Gasteiger partial charge in [-0.2, -0.15) is 5.26 Å². The lowest BCUT2D eigenvalue weighted by atomic mass is 10.3. The largest absolute Gasteiger partial charge is 0.304 e. The van der Waals surface area contributed by atoms with Crippen LogP contribution in [-0.4, -0.2) is 20.0 Å². The van der Waals surface area contributed by atoms with Crippen LogP contribution in [0.2, 0.25) is 0 Å². The molecule has 4 nitrogen and oxygen atoms in total. The van der Waals surface area contributed by atoms with Gasteiger partial charge in [0.1, 0.15) is 5.25 Å². The molecule has 0 aromatic carbocycles. The van der Waals surface area contributed by atoms with Crippen molar-refractivity contribution >= 4 is 23.1 Å². The average molecular weight is 276 g/mol. The van der Waals surface area contributed by atoms with Gasteiger partial charge >= 0.3 is 0 Å². The molecule has 0 aliphatic heterocycles. The zero-order valence-electron chi connectivity index (χ0n) is 9.91. The molecule has 0 N–H and O–H groups in total. The molecule has 0 amide bonds. The summed E-state index contributed by atoms with van der Waals surface area (Å²) in [6, 6.07) is 6.41. The van der Waals surface area contributed by atoms with E-state index in [4.69, 9.17) is 5.26 Å². The average Bonchev–Trinajstić information content (AvgIpc) is 2.95. The third kappa shape index (κ3) is 2.16. The molecule has 1 fully saturated rings. The maximum atomic E-state index is 9.15. The van der Waals surface area contributed by atoms with Gasteiger partial charge in [0.05, 0.1) is 10.9 Å². The topological polar surface area (TPSA) is 54.5 Å². The maximum Gasteiger partial charge on any atom is 0.192 e. The molecule has 1 atom stereocenters. The Kier molecular flexibility index (Phi) is 3.10. The van der Waals surface area contributed by atoms with Gasteiger partial charge in [-0.3, -0.25) is 0 Å². The van der Waals surface area contributed by atoms with Crippen molar-refractivity contribution in [3.63, 3.8) is 0 Å². The predicted octanol–water partition coefficient (Wildman–Crippen LogP) is 2.94. The van der Waals surface area contributed by atoms with Crippen LogP contribution in [0.1, 0.15) is 12.8 Å². The van der Waals surface area contributed by atoms with Gasteiger partial charge in [0.15, 0.2) is 11.0 Å². The number of hydrogen-bond donors (Lipinski definition) is 0. The molecule has 1 aliphatic rings. The van der Waals surface area contributed by atoms with Gasteiger partial charge in [0.25, 0.3) is 0 Å². The number of hydrogen-bond acceptors (Lipinski definition) is 5. The van der Waals surface area contributed by atoms with E-state index in [0.717, 1.165) is 15.9 Å². The fraction of sp³-hybridized carbons (Fsp3) is 0.417. The van der Waals surface area contributed by atoms with E-state index in [2.05, 4.69) is 16.3 Å². The summed E-state index contributed by atoms with van der Waals surface area (Å²) in [6.45, 7) is 0. The number of nitrogens with zero attached hydrogens (tertiary/aromatic N) is 4. The molecular weight excluding hydrogens is 264 g/mol. The molecule has 0 saturated heterocycles. The van der Waals surface area contributed by atoms with E-state index in [0.29, 0.717) is 5.92 Å². The van der Waals surface area contributed by atoms with Crippen molar-refractivity contribution < 1.29 is 0 Å². The molecule has 1 saturated carbocycles. The maximum absolute atomic E-state index is 9.15. The number of nitriles is 1. The molecule has 92 valence electrons. The molecule has 3 rings (SSSR count). The fourth-order valence-electron chi connectivity index (χ4n) is 1.78. The first kappa shape index (κ1) is 11.8. The molecule has 1 aliphatic carbocycles. The number of aromatic nitrogens is 3. The van der Waals surface area contributed by atoms with Crippen molar-refractivity contribution in [3.05, 3.63) is 17.5 Å². The minimum atomic E-state index is 0.0177. The van der Waals surface area contributed by atoms with Gasteiger partial charge in [-0.05, 0) is 30.2 Å². The van der Waals surface area contributed by atoms with Crippen molar-refractivity contribution in [1.29, 1.82) is 5.26 Å². The number of rotatable bonds is 4. The lowest BCUT2D eigenvalue weighted by Gasteiger charge is -2.06. The van der Waals surface area contributed by atoms with Crippen molar-refractivity contribution in [1.82, 2.24) is 14.8 Å². The smallest absolute Gasteiger partial charge is 0.192 e. The van der Waals surface area contributed by atoms with Gasteiger partial charge in [-0.15, -0.1) is 21.5 Å². The third-order valence-electron chi connectivity index (χ3n) is 2.99. The van der Waals surface area contributed by atoms with Gasteiger partial charge in [-0.1, -0.05) is 17.8 Å². The monoisotopic (exact) mass is 276 g/mol. The first-order chi connectivity index (χ1) is 8.79. The number of thioether (sulfide) groups is 1. The molecule has 0 radical (unpaired) electrons. The van der Waals surface area contributed by atoms with E-state index in [1.165, 1.54) is 24.6 Å². The number of thiophene rings is 1. The Morgan fingerprint density at radius 2 is 2.39 bits per heavy atom. The second-order valence-corrected chi connectivity index (χ2v) is 6.40. The summed E-state index contributed by atoms with van der Waals surface area (Å²) >= 11 is 3.19. The first-order valence-electron chi connectivity index (χ1n) is 5.79. The third-order valence-corrected chi connectivity index (χ3v) is 5.16. The van der Waals surface area contributed by atoms with Gasteiger partial charge in [0, 0.05) is 7.05 Å². The van der Waals surface area contributed by atoms with Crippen LogP contribution >= 0.6 is 23.1 Å². The lowest BCUT2D eigenvalue weighted by Crippen LogP contribution is -2.04. The molecule has 18 heavy (non-hydrogen) atoms. The molecule has 0 spiro atoms. The fourth-order valence-corrected chi connectivity index (χ4v) is 3.60. The molecular formula is C12H12N4S2. The van der Waals surface area contributed by atoms with E-state index < -0.39 is 0 Å². The van der Waals surface area contributed by atoms with E-state index in [1.54, 1.807) is 11.3 Å². The Bertz CT molecular complexity index is 578. The normalized spacial score (nSPS) is 16.4. The van der Waals surface area contributed by atoms with Crippen LogP contribution in [-0.2, 0) is 7.05 Å². The van der Waals surface area contributed by atoms with E-state index in [1.807, 2.05) is 29.1 Å². The van der Waals surface area contributed by atoms with Crippen molar-refractivity contribution in [3.8, 4) is 16.8 Å². The summed E-state index contributed by atoms with van der Waals surface area (Å²) in [5, 5.41) is 20.4. The SMILES string of the molecule is Cn1c(SC(C#N)C2CC2)nnc1-c1cccs1. The van der Waals surface area contributed by atoms with Crippen LogP contribution in [0.5, 0.6) is 0 Å². The van der Waals surface area contributed by atoms with Gasteiger partial charge in [-0.25, -0.2) is 0 Å². The van der Waals surface area contributed by atoms with Crippen LogP contribution in [0.3, 0.4) is 0 Å². The van der Waals surface area contributed by atoms with Crippen LogP contribution in [0.4, 0.5) is 0 Å². The van der Waals surface area contributed by atoms with E-state index >= 15 is 0 Å². The Balaban J connectivity index is 1.84. The predicted molar refractivity (Wildman–Crippen MR) is 72.3 cm³/mol. The molecule has 2 aromatic rings. The second kappa shape index (κ2) is 4.75. The summed E-state index contributed by atoms with van der Waals surface area (Å²) < 4.78 is 1.98. The zero-order valence-corrected chi connectivity index (χ0v) is 11.5. The van der Waals surface area contributed by atoms with Crippen molar-refractivity contribution in [2.75, 3.05) is 0 Å². The van der Waals surface area contributed by atoms with E-state index in [-0.39, 0.29) is 5.25 Å². The Hall–Kier alpha value is -1.32. The molecule has 1 unspecified atom stereocenters. The summed E-state index contributed by atoms with van der Waals surface area (Å²) in [5.74, 6) is 1.42. The Morgan fingerprint density at radius 3 is 3.00 bits per heavy atom. The second-order valence-electron chi connectivity index (χ2n) is 4.35. The summed E-state index contributed by atoms with van der Waals surface area (Å²) in [4.78, 5) is 1.11. The van der Waals surface area contributed by atoms with Gasteiger partial charge in [0.2, 0.25) is 0 Å². The highest BCUT2D eigenvalue weighted by molar-refractivity contribution is 8.00. The van der Waals surface area contributed by atoms with Gasteiger partial charge < -0.3 is 4.57 Å². The standard InChI is InChI=1S/C12H12N4S2/c1-16-11(9-3-2-6-17-9)14-15-12(16)18-10(7-13)8-4-5-8/h2-3,6,8,10H,4-5H2,1H3. The quantitative estimate of drug-likeness (QED) is 0.806. The van der Waals surface area contributed by atoms with Crippen molar-refractivity contribution in [2.24, 2.45) is 13.0 Å². The summed E-state index contributed by atoms with van der Waals surface area (Å²) in [6.07, 6.45) is 2.34. The van der Waals surface area contributed by atoms with E-state index in [9.17, 15) is 0 Å². The Morgan fingerprint density at radius 1 is 1.56 bits per heavy atom. The molecule has 2 heterocycles. The summed E-state index contributed by atoms with van der Waals surface area (Å²) in [5.41, 5.74) is 0. The highest BCUT2D eigenvalue weighted by atomic mass is 32.2. The van der Waals surface area contributed by atoms with Crippen LogP contribution in [0.25, 0.3) is 10.7 Å².